The third-order valence-electron chi connectivity index (χ3n) is 2.95. The van der Waals surface area contributed by atoms with Crippen LogP contribution in [0.4, 0.5) is 0 Å². The summed E-state index contributed by atoms with van der Waals surface area (Å²) in [4.78, 5) is 2.46. The van der Waals surface area contributed by atoms with E-state index >= 15 is 0 Å². The molecule has 0 spiro atoms. The van der Waals surface area contributed by atoms with E-state index in [1.165, 1.54) is 37.7 Å². The fourth-order valence-electron chi connectivity index (χ4n) is 2.12. The van der Waals surface area contributed by atoms with Crippen LogP contribution >= 0.6 is 0 Å². The zero-order chi connectivity index (χ0) is 12.4. The second kappa shape index (κ2) is 9.71. The molecule has 0 aliphatic rings. The molecule has 0 bridgehead atoms. The minimum absolute atomic E-state index is 0.727. The third-order valence-corrected chi connectivity index (χ3v) is 2.95. The van der Waals surface area contributed by atoms with E-state index in [1.54, 1.807) is 7.11 Å². The predicted molar refractivity (Wildman–Crippen MR) is 71.6 cm³/mol. The van der Waals surface area contributed by atoms with Crippen LogP contribution in [0.25, 0.3) is 0 Å². The summed E-state index contributed by atoms with van der Waals surface area (Å²) in [6.45, 7) is 7.68. The first-order valence-electron chi connectivity index (χ1n) is 6.54. The van der Waals surface area contributed by atoms with Gasteiger partial charge in [-0.2, -0.15) is 0 Å². The van der Waals surface area contributed by atoms with Gasteiger partial charge in [0.2, 0.25) is 0 Å². The molecule has 1 unspecified atom stereocenters. The molecule has 2 heteroatoms. The molecule has 0 saturated carbocycles. The Morgan fingerprint density at radius 1 is 1.25 bits per heavy atom. The summed E-state index contributed by atoms with van der Waals surface area (Å²) >= 11 is 0. The van der Waals surface area contributed by atoms with Crippen LogP contribution in [0.1, 0.15) is 52.9 Å². The monoisotopic (exact) mass is 227 g/mol. The lowest BCUT2D eigenvalue weighted by Crippen LogP contribution is -2.33. The molecule has 0 aliphatic carbocycles. The van der Waals surface area contributed by atoms with Gasteiger partial charge in [-0.25, -0.2) is 0 Å². The van der Waals surface area contributed by atoms with Crippen LogP contribution in [0.2, 0.25) is 0 Å². The summed E-state index contributed by atoms with van der Waals surface area (Å²) in [5.74, 6) is 0. The molecule has 16 heavy (non-hydrogen) atoms. The van der Waals surface area contributed by atoms with Gasteiger partial charge in [-0.15, -0.1) is 0 Å². The van der Waals surface area contributed by atoms with Gasteiger partial charge in [-0.1, -0.05) is 33.1 Å². The van der Waals surface area contributed by atoms with Gasteiger partial charge in [-0.05, 0) is 32.4 Å². The summed E-state index contributed by atoms with van der Waals surface area (Å²) in [6, 6.07) is 0.727. The van der Waals surface area contributed by atoms with Crippen molar-refractivity contribution in [3.05, 3.63) is 11.8 Å². The molecule has 0 fully saturated rings. The van der Waals surface area contributed by atoms with Gasteiger partial charge >= 0.3 is 0 Å². The van der Waals surface area contributed by atoms with Crippen molar-refractivity contribution in [3.8, 4) is 0 Å². The van der Waals surface area contributed by atoms with Crippen molar-refractivity contribution in [2.24, 2.45) is 0 Å². The number of nitrogens with zero attached hydrogens (tertiary/aromatic N) is 1. The lowest BCUT2D eigenvalue weighted by atomic mass is 10.0. The molecule has 1 atom stereocenters. The van der Waals surface area contributed by atoms with Gasteiger partial charge in [0.1, 0.15) is 0 Å². The maximum Gasteiger partial charge on any atom is 0.0826 e. The van der Waals surface area contributed by atoms with E-state index < -0.39 is 0 Å². The first kappa shape index (κ1) is 15.5. The zero-order valence-electron chi connectivity index (χ0n) is 11.8. The summed E-state index contributed by atoms with van der Waals surface area (Å²) < 4.78 is 5.04. The third kappa shape index (κ3) is 6.89. The van der Waals surface area contributed by atoms with Crippen molar-refractivity contribution in [2.45, 2.75) is 58.9 Å². The van der Waals surface area contributed by atoms with Crippen molar-refractivity contribution < 1.29 is 4.74 Å². The Labute approximate surface area is 102 Å². The fraction of sp³-hybridized carbons (Fsp3) is 0.857. The van der Waals surface area contributed by atoms with Crippen molar-refractivity contribution >= 4 is 0 Å². The molecule has 0 amide bonds. The smallest absolute Gasteiger partial charge is 0.0826 e. The number of unbranched alkanes of at least 4 members (excludes halogenated alkanes) is 1. The number of rotatable bonds is 9. The molecule has 2 nitrogen and oxygen atoms in total. The average molecular weight is 227 g/mol. The standard InChI is InChI=1S/C14H29NO/c1-6-8-10-14(9-7-2)15(4)11-13(3)12-16-5/h12,14H,6-11H2,1-5H3/b13-12-. The van der Waals surface area contributed by atoms with E-state index in [2.05, 4.69) is 32.7 Å². The SMILES string of the molecule is CCCCC(CCC)N(C)C/C(C)=C\OC. The van der Waals surface area contributed by atoms with Gasteiger partial charge in [0.05, 0.1) is 13.4 Å². The summed E-state index contributed by atoms with van der Waals surface area (Å²) in [7, 11) is 3.94. The molecule has 0 radical (unpaired) electrons. The quantitative estimate of drug-likeness (QED) is 0.555. The van der Waals surface area contributed by atoms with Crippen LogP contribution in [0.5, 0.6) is 0 Å². The fourth-order valence-corrected chi connectivity index (χ4v) is 2.12. The first-order chi connectivity index (χ1) is 7.65. The molecule has 0 rings (SSSR count). The molecular weight excluding hydrogens is 198 g/mol. The van der Waals surface area contributed by atoms with Gasteiger partial charge < -0.3 is 4.74 Å². The van der Waals surface area contributed by atoms with Gasteiger partial charge in [0.25, 0.3) is 0 Å². The summed E-state index contributed by atoms with van der Waals surface area (Å²) in [6.07, 6.45) is 8.37. The Balaban J connectivity index is 4.14. The topological polar surface area (TPSA) is 12.5 Å². The van der Waals surface area contributed by atoms with Gasteiger partial charge in [-0.3, -0.25) is 4.90 Å². The van der Waals surface area contributed by atoms with Crippen LogP contribution in [-0.4, -0.2) is 31.6 Å². The molecule has 0 aliphatic heterocycles. The van der Waals surface area contributed by atoms with Crippen molar-refractivity contribution in [3.63, 3.8) is 0 Å². The van der Waals surface area contributed by atoms with Gasteiger partial charge in [0, 0.05) is 12.6 Å². The normalized spacial score (nSPS) is 14.2. The van der Waals surface area contributed by atoms with Crippen LogP contribution in [0.15, 0.2) is 11.8 Å². The molecule has 0 aromatic carbocycles. The van der Waals surface area contributed by atoms with Crippen LogP contribution in [-0.2, 0) is 4.74 Å². The first-order valence-corrected chi connectivity index (χ1v) is 6.54. The second-order valence-electron chi connectivity index (χ2n) is 4.70. The van der Waals surface area contributed by atoms with E-state index in [9.17, 15) is 0 Å². The maximum atomic E-state index is 5.04. The summed E-state index contributed by atoms with van der Waals surface area (Å²) in [5.41, 5.74) is 1.29. The van der Waals surface area contributed by atoms with E-state index in [4.69, 9.17) is 4.74 Å². The summed E-state index contributed by atoms with van der Waals surface area (Å²) in [5, 5.41) is 0. The van der Waals surface area contributed by atoms with Crippen molar-refractivity contribution in [1.82, 2.24) is 4.90 Å². The molecule has 0 N–H and O–H groups in total. The Kier molecular flexibility index (Phi) is 9.40. The van der Waals surface area contributed by atoms with E-state index in [0.717, 1.165) is 12.6 Å². The van der Waals surface area contributed by atoms with Crippen LogP contribution in [0.3, 0.4) is 0 Å². The molecular formula is C14H29NO. The largest absolute Gasteiger partial charge is 0.504 e. The predicted octanol–water partition coefficient (Wildman–Crippen LogP) is 3.83. The van der Waals surface area contributed by atoms with Crippen LogP contribution in [0, 0.1) is 0 Å². The lowest BCUT2D eigenvalue weighted by Gasteiger charge is -2.28. The zero-order valence-corrected chi connectivity index (χ0v) is 11.8. The minimum Gasteiger partial charge on any atom is -0.504 e. The highest BCUT2D eigenvalue weighted by Gasteiger charge is 2.13. The van der Waals surface area contributed by atoms with E-state index in [0.29, 0.717) is 0 Å². The number of hydrogen-bond donors (Lipinski definition) is 0. The second-order valence-corrected chi connectivity index (χ2v) is 4.70. The highest BCUT2D eigenvalue weighted by molar-refractivity contribution is 4.96. The minimum atomic E-state index is 0.727. The van der Waals surface area contributed by atoms with E-state index in [1.807, 2.05) is 6.26 Å². The Morgan fingerprint density at radius 3 is 2.44 bits per heavy atom. The lowest BCUT2D eigenvalue weighted by molar-refractivity contribution is 0.226. The van der Waals surface area contributed by atoms with Gasteiger partial charge in [0.15, 0.2) is 0 Å². The number of methoxy groups -OCH3 is 1. The maximum absolute atomic E-state index is 5.04. The number of hydrogen-bond acceptors (Lipinski definition) is 2. The molecule has 96 valence electrons. The molecule has 0 saturated heterocycles. The molecule has 0 heterocycles. The molecule has 0 aromatic heterocycles. The van der Waals surface area contributed by atoms with Crippen molar-refractivity contribution in [1.29, 1.82) is 0 Å². The van der Waals surface area contributed by atoms with Crippen LogP contribution < -0.4 is 0 Å². The Bertz CT molecular complexity index is 189. The Morgan fingerprint density at radius 2 is 1.94 bits per heavy atom. The highest BCUT2D eigenvalue weighted by atomic mass is 16.5. The number of likely N-dealkylation sites (N-methyl/N-ethyl adjacent to an activating group) is 1. The Hall–Kier alpha value is -0.500. The van der Waals surface area contributed by atoms with E-state index in [-0.39, 0.29) is 0 Å². The highest BCUT2D eigenvalue weighted by Crippen LogP contribution is 2.14. The number of ether oxygens (including phenoxy) is 1. The van der Waals surface area contributed by atoms with Crippen molar-refractivity contribution in [2.75, 3.05) is 20.7 Å². The average Bonchev–Trinajstić information content (AvgIpc) is 2.24. The molecule has 0 aromatic rings.